The molecule has 1 aliphatic rings. The zero-order valence-corrected chi connectivity index (χ0v) is 14.7. The Morgan fingerprint density at radius 3 is 2.89 bits per heavy atom. The maximum Gasteiger partial charge on any atom is 0.351 e. The van der Waals surface area contributed by atoms with E-state index in [1.165, 1.54) is 10.5 Å². The van der Waals surface area contributed by atoms with Crippen molar-refractivity contribution >= 4 is 17.3 Å². The molecule has 1 aromatic carbocycles. The molecular weight excluding hydrogens is 346 g/mol. The quantitative estimate of drug-likeness (QED) is 0.664. The first-order valence-corrected chi connectivity index (χ1v) is 8.54. The van der Waals surface area contributed by atoms with Gasteiger partial charge in [-0.05, 0) is 24.1 Å². The van der Waals surface area contributed by atoms with Crippen LogP contribution in [0.15, 0.2) is 64.7 Å². The fraction of sp³-hybridized carbons (Fsp3) is 0.200. The van der Waals surface area contributed by atoms with Crippen molar-refractivity contribution in [3.05, 3.63) is 81.9 Å². The zero-order chi connectivity index (χ0) is 18.8. The van der Waals surface area contributed by atoms with E-state index in [1.807, 2.05) is 43.3 Å². The van der Waals surface area contributed by atoms with Crippen molar-refractivity contribution < 1.29 is 14.4 Å². The normalized spacial score (nSPS) is 16.0. The fourth-order valence-electron chi connectivity index (χ4n) is 2.88. The second-order valence-electron chi connectivity index (χ2n) is 6.33. The second kappa shape index (κ2) is 7.03. The topological polar surface area (TPSA) is 82.3 Å². The number of nitrogens with zero attached hydrogens (tertiary/aromatic N) is 3. The Morgan fingerprint density at radius 1 is 1.26 bits per heavy atom. The highest BCUT2D eigenvalue weighted by Crippen LogP contribution is 2.18. The lowest BCUT2D eigenvalue weighted by Crippen LogP contribution is -2.24. The number of carbonyl (C=O) groups excluding carboxylic acids is 1. The van der Waals surface area contributed by atoms with Gasteiger partial charge in [0, 0.05) is 18.7 Å². The Balaban J connectivity index is 1.41. The number of carbonyl (C=O) groups is 1. The molecular formula is C20H17N3O4. The molecule has 3 aromatic rings. The summed E-state index contributed by atoms with van der Waals surface area (Å²) in [7, 11) is 0. The number of esters is 1. The van der Waals surface area contributed by atoms with Crippen LogP contribution in [0.3, 0.4) is 0 Å². The molecule has 2 aromatic heterocycles. The molecule has 0 radical (unpaired) electrons. The molecule has 0 amide bonds. The summed E-state index contributed by atoms with van der Waals surface area (Å²) in [6, 6.07) is 14.5. The van der Waals surface area contributed by atoms with Gasteiger partial charge in [-0.25, -0.2) is 9.78 Å². The molecule has 0 bridgehead atoms. The summed E-state index contributed by atoms with van der Waals surface area (Å²) >= 11 is 0. The van der Waals surface area contributed by atoms with E-state index in [0.717, 1.165) is 11.1 Å². The number of aromatic nitrogens is 2. The van der Waals surface area contributed by atoms with Crippen LogP contribution in [0.4, 0.5) is 0 Å². The van der Waals surface area contributed by atoms with Gasteiger partial charge in [-0.2, -0.15) is 0 Å². The standard InChI is InChI=1S/C20H17N3O4/c1-13-7-8-18-21-15(9-19(24)23(18)11-13)12-26-20(25)17-10-16(22-27-17)14-5-3-2-4-6-14/h2-9,11,17H,10,12H2,1H3. The predicted molar refractivity (Wildman–Crippen MR) is 98.5 cm³/mol. The summed E-state index contributed by atoms with van der Waals surface area (Å²) in [6.07, 6.45) is 1.27. The second-order valence-corrected chi connectivity index (χ2v) is 6.33. The lowest BCUT2D eigenvalue weighted by atomic mass is 10.1. The van der Waals surface area contributed by atoms with Crippen LogP contribution in [0, 0.1) is 6.92 Å². The number of aryl methyl sites for hydroxylation is 1. The summed E-state index contributed by atoms with van der Waals surface area (Å²) in [4.78, 5) is 34.0. The Kier molecular flexibility index (Phi) is 4.42. The van der Waals surface area contributed by atoms with Gasteiger partial charge >= 0.3 is 5.97 Å². The maximum absolute atomic E-state index is 12.3. The van der Waals surface area contributed by atoms with Crippen molar-refractivity contribution in [3.8, 4) is 0 Å². The molecule has 1 aliphatic heterocycles. The van der Waals surface area contributed by atoms with Gasteiger partial charge in [-0.15, -0.1) is 0 Å². The van der Waals surface area contributed by atoms with E-state index in [-0.39, 0.29) is 12.2 Å². The van der Waals surface area contributed by atoms with Crippen molar-refractivity contribution in [2.24, 2.45) is 5.16 Å². The molecule has 1 atom stereocenters. The van der Waals surface area contributed by atoms with Gasteiger partial charge in [0.05, 0.1) is 11.4 Å². The number of hydrogen-bond donors (Lipinski definition) is 0. The van der Waals surface area contributed by atoms with Crippen LogP contribution >= 0.6 is 0 Å². The molecule has 27 heavy (non-hydrogen) atoms. The Hall–Kier alpha value is -3.48. The van der Waals surface area contributed by atoms with Crippen molar-refractivity contribution in [1.82, 2.24) is 9.38 Å². The van der Waals surface area contributed by atoms with Crippen molar-refractivity contribution in [1.29, 1.82) is 0 Å². The molecule has 0 fully saturated rings. The number of ether oxygens (including phenoxy) is 1. The van der Waals surface area contributed by atoms with E-state index in [1.54, 1.807) is 12.3 Å². The molecule has 0 saturated heterocycles. The summed E-state index contributed by atoms with van der Waals surface area (Å²) in [5, 5.41) is 3.97. The van der Waals surface area contributed by atoms with E-state index in [0.29, 0.717) is 23.5 Å². The minimum atomic E-state index is -0.788. The molecule has 0 spiro atoms. The number of pyridine rings is 1. The highest BCUT2D eigenvalue weighted by Gasteiger charge is 2.30. The lowest BCUT2D eigenvalue weighted by Gasteiger charge is -2.09. The molecule has 136 valence electrons. The van der Waals surface area contributed by atoms with Gasteiger partial charge in [0.15, 0.2) is 0 Å². The third kappa shape index (κ3) is 3.57. The maximum atomic E-state index is 12.3. The summed E-state index contributed by atoms with van der Waals surface area (Å²) in [5.41, 5.74) is 3.24. The van der Waals surface area contributed by atoms with Gasteiger partial charge in [0.2, 0.25) is 6.10 Å². The predicted octanol–water partition coefficient (Wildman–Crippen LogP) is 2.24. The molecule has 4 rings (SSSR count). The third-order valence-corrected chi connectivity index (χ3v) is 4.26. The van der Waals surface area contributed by atoms with E-state index >= 15 is 0 Å². The van der Waals surface area contributed by atoms with Gasteiger partial charge in [-0.3, -0.25) is 9.20 Å². The SMILES string of the molecule is Cc1ccc2nc(COC(=O)C3CC(c4ccccc4)=NO3)cc(=O)n2c1. The lowest BCUT2D eigenvalue weighted by molar-refractivity contribution is -0.156. The number of benzene rings is 1. The minimum absolute atomic E-state index is 0.0982. The van der Waals surface area contributed by atoms with Crippen LogP contribution in [0.2, 0.25) is 0 Å². The first kappa shape index (κ1) is 17.0. The summed E-state index contributed by atoms with van der Waals surface area (Å²) in [6.45, 7) is 1.80. The first-order chi connectivity index (χ1) is 13.1. The Morgan fingerprint density at radius 2 is 2.07 bits per heavy atom. The van der Waals surface area contributed by atoms with Crippen LogP contribution in [0.5, 0.6) is 0 Å². The third-order valence-electron chi connectivity index (χ3n) is 4.26. The summed E-state index contributed by atoms with van der Waals surface area (Å²) < 4.78 is 6.73. The highest BCUT2D eigenvalue weighted by atomic mass is 16.7. The van der Waals surface area contributed by atoms with Gasteiger partial charge in [0.1, 0.15) is 12.3 Å². The molecule has 0 saturated carbocycles. The number of hydrogen-bond acceptors (Lipinski definition) is 6. The van der Waals surface area contributed by atoms with Gasteiger partial charge < -0.3 is 9.57 Å². The average molecular weight is 363 g/mol. The van der Waals surface area contributed by atoms with Crippen molar-refractivity contribution in [3.63, 3.8) is 0 Å². The Labute approximate surface area is 154 Å². The zero-order valence-electron chi connectivity index (χ0n) is 14.7. The average Bonchev–Trinajstić information content (AvgIpc) is 3.18. The summed E-state index contributed by atoms with van der Waals surface area (Å²) in [5.74, 6) is -0.532. The largest absolute Gasteiger partial charge is 0.456 e. The van der Waals surface area contributed by atoms with Crippen LogP contribution < -0.4 is 5.56 Å². The van der Waals surface area contributed by atoms with Crippen LogP contribution in [-0.2, 0) is 21.0 Å². The molecule has 0 N–H and O–H groups in total. The molecule has 0 aliphatic carbocycles. The van der Waals surface area contributed by atoms with E-state index < -0.39 is 12.1 Å². The number of oxime groups is 1. The van der Waals surface area contributed by atoms with E-state index in [9.17, 15) is 9.59 Å². The Bertz CT molecular complexity index is 1090. The van der Waals surface area contributed by atoms with Crippen LogP contribution in [0.25, 0.3) is 5.65 Å². The molecule has 1 unspecified atom stereocenters. The minimum Gasteiger partial charge on any atom is -0.456 e. The first-order valence-electron chi connectivity index (χ1n) is 8.54. The molecule has 3 heterocycles. The smallest absolute Gasteiger partial charge is 0.351 e. The van der Waals surface area contributed by atoms with Crippen molar-refractivity contribution in [2.45, 2.75) is 26.1 Å². The van der Waals surface area contributed by atoms with E-state index in [2.05, 4.69) is 10.1 Å². The monoisotopic (exact) mass is 363 g/mol. The number of fused-ring (bicyclic) bond motifs is 1. The number of rotatable bonds is 4. The van der Waals surface area contributed by atoms with Gasteiger partial charge in [-0.1, -0.05) is 41.6 Å². The van der Waals surface area contributed by atoms with Crippen LogP contribution in [0.1, 0.15) is 23.2 Å². The van der Waals surface area contributed by atoms with Crippen LogP contribution in [-0.4, -0.2) is 27.2 Å². The fourth-order valence-corrected chi connectivity index (χ4v) is 2.88. The highest BCUT2D eigenvalue weighted by molar-refractivity contribution is 6.03. The molecule has 7 heteroatoms. The van der Waals surface area contributed by atoms with Crippen molar-refractivity contribution in [2.75, 3.05) is 0 Å². The van der Waals surface area contributed by atoms with E-state index in [4.69, 9.17) is 9.57 Å². The van der Waals surface area contributed by atoms with Gasteiger partial charge in [0.25, 0.3) is 5.56 Å². The molecule has 7 nitrogen and oxygen atoms in total.